The summed E-state index contributed by atoms with van der Waals surface area (Å²) >= 11 is 0. The molecule has 0 aliphatic rings. The van der Waals surface area contributed by atoms with Gasteiger partial charge in [0.2, 0.25) is 0 Å². The molecule has 0 bridgehead atoms. The van der Waals surface area contributed by atoms with Crippen molar-refractivity contribution in [2.75, 3.05) is 11.9 Å². The SMILES string of the molecule is C[C@@H](NC(=O)c1ccccc1)C(=O)OCC(=O)Nc1cccc(F)c1. The molecule has 2 aromatic rings. The van der Waals surface area contributed by atoms with Crippen LogP contribution in [0.3, 0.4) is 0 Å². The number of hydrogen-bond donors (Lipinski definition) is 2. The van der Waals surface area contributed by atoms with E-state index in [1.54, 1.807) is 30.3 Å². The van der Waals surface area contributed by atoms with Crippen molar-refractivity contribution in [1.82, 2.24) is 5.32 Å². The zero-order valence-corrected chi connectivity index (χ0v) is 13.5. The first-order chi connectivity index (χ1) is 12.0. The lowest BCUT2D eigenvalue weighted by molar-refractivity contribution is -0.148. The highest BCUT2D eigenvalue weighted by Crippen LogP contribution is 2.08. The molecule has 0 spiro atoms. The van der Waals surface area contributed by atoms with Crippen LogP contribution < -0.4 is 10.6 Å². The smallest absolute Gasteiger partial charge is 0.328 e. The van der Waals surface area contributed by atoms with E-state index >= 15 is 0 Å². The molecule has 0 aliphatic carbocycles. The van der Waals surface area contributed by atoms with Crippen LogP contribution in [0.2, 0.25) is 0 Å². The number of amides is 2. The summed E-state index contributed by atoms with van der Waals surface area (Å²) < 4.78 is 17.9. The summed E-state index contributed by atoms with van der Waals surface area (Å²) in [4.78, 5) is 35.5. The van der Waals surface area contributed by atoms with Crippen molar-refractivity contribution in [2.45, 2.75) is 13.0 Å². The molecular formula is C18H17FN2O4. The van der Waals surface area contributed by atoms with Gasteiger partial charge in [-0.05, 0) is 37.3 Å². The number of nitrogens with one attached hydrogen (secondary N) is 2. The second kappa shape index (κ2) is 8.58. The lowest BCUT2D eigenvalue weighted by Gasteiger charge is -2.13. The van der Waals surface area contributed by atoms with Gasteiger partial charge in [0.1, 0.15) is 11.9 Å². The summed E-state index contributed by atoms with van der Waals surface area (Å²) in [5.41, 5.74) is 0.664. The molecule has 0 aliphatic heterocycles. The molecule has 2 N–H and O–H groups in total. The Morgan fingerprint density at radius 1 is 1.08 bits per heavy atom. The van der Waals surface area contributed by atoms with E-state index in [9.17, 15) is 18.8 Å². The summed E-state index contributed by atoms with van der Waals surface area (Å²) in [5.74, 6) is -2.28. The zero-order chi connectivity index (χ0) is 18.2. The average molecular weight is 344 g/mol. The second-order valence-corrected chi connectivity index (χ2v) is 5.23. The van der Waals surface area contributed by atoms with Gasteiger partial charge in [0, 0.05) is 11.3 Å². The number of carbonyl (C=O) groups is 3. The van der Waals surface area contributed by atoms with E-state index in [1.807, 2.05) is 0 Å². The van der Waals surface area contributed by atoms with Crippen molar-refractivity contribution in [1.29, 1.82) is 0 Å². The minimum atomic E-state index is -0.922. The number of carbonyl (C=O) groups excluding carboxylic acids is 3. The van der Waals surface area contributed by atoms with E-state index < -0.39 is 36.2 Å². The Morgan fingerprint density at radius 2 is 1.80 bits per heavy atom. The number of rotatable bonds is 6. The predicted molar refractivity (Wildman–Crippen MR) is 89.4 cm³/mol. The minimum absolute atomic E-state index is 0.256. The molecule has 1 atom stereocenters. The minimum Gasteiger partial charge on any atom is -0.454 e. The molecule has 0 aromatic heterocycles. The van der Waals surface area contributed by atoms with Crippen LogP contribution in [-0.4, -0.2) is 30.4 Å². The monoisotopic (exact) mass is 344 g/mol. The first-order valence-corrected chi connectivity index (χ1v) is 7.53. The van der Waals surface area contributed by atoms with E-state index in [0.717, 1.165) is 6.07 Å². The number of halogens is 1. The van der Waals surface area contributed by atoms with Crippen LogP contribution in [0.5, 0.6) is 0 Å². The van der Waals surface area contributed by atoms with Crippen molar-refractivity contribution in [2.24, 2.45) is 0 Å². The first-order valence-electron chi connectivity index (χ1n) is 7.53. The number of hydrogen-bond acceptors (Lipinski definition) is 4. The summed E-state index contributed by atoms with van der Waals surface area (Å²) in [6.45, 7) is 0.911. The molecule has 0 unspecified atom stereocenters. The van der Waals surface area contributed by atoms with E-state index in [0.29, 0.717) is 5.56 Å². The Bertz CT molecular complexity index is 765. The van der Waals surface area contributed by atoms with Crippen LogP contribution in [0.25, 0.3) is 0 Å². The van der Waals surface area contributed by atoms with Crippen LogP contribution in [0, 0.1) is 5.82 Å². The molecule has 2 rings (SSSR count). The van der Waals surface area contributed by atoms with Gasteiger partial charge in [-0.2, -0.15) is 0 Å². The van der Waals surface area contributed by atoms with Crippen molar-refractivity contribution >= 4 is 23.5 Å². The highest BCUT2D eigenvalue weighted by Gasteiger charge is 2.19. The normalized spacial score (nSPS) is 11.3. The van der Waals surface area contributed by atoms with E-state index in [-0.39, 0.29) is 5.69 Å². The van der Waals surface area contributed by atoms with Gasteiger partial charge in [-0.25, -0.2) is 9.18 Å². The number of benzene rings is 2. The van der Waals surface area contributed by atoms with Crippen LogP contribution >= 0.6 is 0 Å². The third-order valence-corrected chi connectivity index (χ3v) is 3.19. The molecule has 7 heteroatoms. The van der Waals surface area contributed by atoms with Crippen LogP contribution in [0.15, 0.2) is 54.6 Å². The van der Waals surface area contributed by atoms with Gasteiger partial charge in [-0.1, -0.05) is 24.3 Å². The van der Waals surface area contributed by atoms with Crippen LogP contribution in [0.4, 0.5) is 10.1 Å². The van der Waals surface area contributed by atoms with Crippen LogP contribution in [0.1, 0.15) is 17.3 Å². The Kier molecular flexibility index (Phi) is 6.22. The summed E-state index contributed by atoms with van der Waals surface area (Å²) in [5, 5.41) is 4.88. The van der Waals surface area contributed by atoms with Gasteiger partial charge in [0.15, 0.2) is 6.61 Å². The average Bonchev–Trinajstić information content (AvgIpc) is 2.60. The molecule has 25 heavy (non-hydrogen) atoms. The summed E-state index contributed by atoms with van der Waals surface area (Å²) in [6.07, 6.45) is 0. The zero-order valence-electron chi connectivity index (χ0n) is 13.5. The van der Waals surface area contributed by atoms with Gasteiger partial charge >= 0.3 is 5.97 Å². The lowest BCUT2D eigenvalue weighted by atomic mass is 10.2. The Labute approximate surface area is 144 Å². The fourth-order valence-electron chi connectivity index (χ4n) is 1.95. The number of esters is 1. The maximum absolute atomic E-state index is 13.0. The van der Waals surface area contributed by atoms with Crippen molar-refractivity contribution in [3.05, 3.63) is 66.0 Å². The third-order valence-electron chi connectivity index (χ3n) is 3.19. The van der Waals surface area contributed by atoms with Gasteiger partial charge < -0.3 is 15.4 Å². The molecule has 0 saturated carbocycles. The van der Waals surface area contributed by atoms with Gasteiger partial charge in [0.05, 0.1) is 0 Å². The topological polar surface area (TPSA) is 84.5 Å². The van der Waals surface area contributed by atoms with Crippen molar-refractivity contribution < 1.29 is 23.5 Å². The van der Waals surface area contributed by atoms with E-state index in [2.05, 4.69) is 10.6 Å². The fourth-order valence-corrected chi connectivity index (χ4v) is 1.95. The summed E-state index contributed by atoms with van der Waals surface area (Å²) in [6, 6.07) is 12.8. The first kappa shape index (κ1) is 18.1. The second-order valence-electron chi connectivity index (χ2n) is 5.23. The van der Waals surface area contributed by atoms with Crippen molar-refractivity contribution in [3.8, 4) is 0 Å². The fraction of sp³-hybridized carbons (Fsp3) is 0.167. The Morgan fingerprint density at radius 3 is 2.48 bits per heavy atom. The summed E-state index contributed by atoms with van der Waals surface area (Å²) in [7, 11) is 0. The lowest BCUT2D eigenvalue weighted by Crippen LogP contribution is -2.40. The molecule has 0 heterocycles. The van der Waals surface area contributed by atoms with E-state index in [1.165, 1.54) is 25.1 Å². The van der Waals surface area contributed by atoms with Gasteiger partial charge in [0.25, 0.3) is 11.8 Å². The molecule has 0 saturated heterocycles. The number of anilines is 1. The molecule has 2 amide bonds. The highest BCUT2D eigenvalue weighted by molar-refractivity contribution is 5.97. The molecule has 6 nitrogen and oxygen atoms in total. The van der Waals surface area contributed by atoms with Gasteiger partial charge in [-0.15, -0.1) is 0 Å². The predicted octanol–water partition coefficient (Wildman–Crippen LogP) is 2.13. The standard InChI is InChI=1S/C18H17FN2O4/c1-12(20-17(23)13-6-3-2-4-7-13)18(24)25-11-16(22)21-15-9-5-8-14(19)10-15/h2-10,12H,11H2,1H3,(H,20,23)(H,21,22)/t12-/m1/s1. The highest BCUT2D eigenvalue weighted by atomic mass is 19.1. The molecule has 0 fully saturated rings. The van der Waals surface area contributed by atoms with Crippen molar-refractivity contribution in [3.63, 3.8) is 0 Å². The maximum atomic E-state index is 13.0. The molecule has 2 aromatic carbocycles. The Hall–Kier alpha value is -3.22. The molecular weight excluding hydrogens is 327 g/mol. The largest absolute Gasteiger partial charge is 0.454 e. The number of ether oxygens (including phenoxy) is 1. The molecule has 0 radical (unpaired) electrons. The van der Waals surface area contributed by atoms with Gasteiger partial charge in [-0.3, -0.25) is 9.59 Å². The van der Waals surface area contributed by atoms with Crippen LogP contribution in [-0.2, 0) is 14.3 Å². The quantitative estimate of drug-likeness (QED) is 0.786. The maximum Gasteiger partial charge on any atom is 0.328 e. The van der Waals surface area contributed by atoms with E-state index in [4.69, 9.17) is 4.74 Å². The third kappa shape index (κ3) is 5.72. The molecule has 130 valence electrons. The Balaban J connectivity index is 1.79.